The molecule has 1 aliphatic carbocycles. The van der Waals surface area contributed by atoms with E-state index in [9.17, 15) is 9.59 Å². The lowest BCUT2D eigenvalue weighted by Crippen LogP contribution is -2.36. The molecule has 0 aliphatic heterocycles. The summed E-state index contributed by atoms with van der Waals surface area (Å²) < 4.78 is 3.17. The smallest absolute Gasteiger partial charge is 0.328 e. The zero-order valence-corrected chi connectivity index (χ0v) is 12.3. The van der Waals surface area contributed by atoms with E-state index >= 15 is 0 Å². The van der Waals surface area contributed by atoms with Crippen molar-refractivity contribution in [3.63, 3.8) is 0 Å². The van der Waals surface area contributed by atoms with Crippen molar-refractivity contribution in [2.24, 2.45) is 14.1 Å². The molecule has 1 fully saturated rings. The minimum absolute atomic E-state index is 0.0717. The van der Waals surface area contributed by atoms with Crippen LogP contribution in [0.1, 0.15) is 25.7 Å². The SMILES string of the molecule is Cn1c(=O)n(C)c2cc(NC(=O)NC3CCCC3)ccc21. The molecular weight excluding hydrogens is 268 g/mol. The number of urea groups is 1. The molecule has 1 aromatic carbocycles. The third-order valence-corrected chi connectivity index (χ3v) is 4.22. The summed E-state index contributed by atoms with van der Waals surface area (Å²) in [5.74, 6) is 0. The predicted molar refractivity (Wildman–Crippen MR) is 82.6 cm³/mol. The number of fused-ring (bicyclic) bond motifs is 1. The molecule has 2 amide bonds. The van der Waals surface area contributed by atoms with E-state index in [0.717, 1.165) is 23.9 Å². The number of hydrogen-bond donors (Lipinski definition) is 2. The molecule has 21 heavy (non-hydrogen) atoms. The van der Waals surface area contributed by atoms with Crippen molar-refractivity contribution in [2.75, 3.05) is 5.32 Å². The van der Waals surface area contributed by atoms with E-state index in [-0.39, 0.29) is 17.8 Å². The Morgan fingerprint density at radius 1 is 1.14 bits per heavy atom. The number of amides is 2. The van der Waals surface area contributed by atoms with Crippen molar-refractivity contribution in [3.05, 3.63) is 28.7 Å². The normalized spacial score (nSPS) is 15.5. The van der Waals surface area contributed by atoms with Crippen molar-refractivity contribution in [3.8, 4) is 0 Å². The monoisotopic (exact) mass is 288 g/mol. The van der Waals surface area contributed by atoms with E-state index in [1.807, 2.05) is 18.2 Å². The van der Waals surface area contributed by atoms with Crippen LogP contribution in [-0.2, 0) is 14.1 Å². The minimum Gasteiger partial charge on any atom is -0.335 e. The Balaban J connectivity index is 1.79. The lowest BCUT2D eigenvalue weighted by Gasteiger charge is -2.13. The number of carbonyl (C=O) groups is 1. The van der Waals surface area contributed by atoms with Gasteiger partial charge in [0, 0.05) is 25.8 Å². The van der Waals surface area contributed by atoms with Crippen molar-refractivity contribution in [1.29, 1.82) is 0 Å². The number of imidazole rings is 1. The highest BCUT2D eigenvalue weighted by Gasteiger charge is 2.17. The average Bonchev–Trinajstić information content (AvgIpc) is 3.03. The van der Waals surface area contributed by atoms with Gasteiger partial charge in [-0.25, -0.2) is 9.59 Å². The lowest BCUT2D eigenvalue weighted by molar-refractivity contribution is 0.248. The Hall–Kier alpha value is -2.24. The maximum atomic E-state index is 12.0. The molecule has 0 unspecified atom stereocenters. The summed E-state index contributed by atoms with van der Waals surface area (Å²) in [7, 11) is 3.47. The molecule has 0 radical (unpaired) electrons. The second-order valence-corrected chi connectivity index (χ2v) is 5.68. The first-order valence-corrected chi connectivity index (χ1v) is 7.29. The number of aromatic nitrogens is 2. The summed E-state index contributed by atoms with van der Waals surface area (Å²) >= 11 is 0. The second-order valence-electron chi connectivity index (χ2n) is 5.68. The van der Waals surface area contributed by atoms with Crippen LogP contribution in [0, 0.1) is 0 Å². The molecule has 0 atom stereocenters. The largest absolute Gasteiger partial charge is 0.335 e. The molecule has 3 rings (SSSR count). The molecule has 6 heteroatoms. The highest BCUT2D eigenvalue weighted by molar-refractivity contribution is 5.92. The van der Waals surface area contributed by atoms with Gasteiger partial charge in [-0.2, -0.15) is 0 Å². The molecule has 1 aliphatic rings. The van der Waals surface area contributed by atoms with E-state index in [2.05, 4.69) is 10.6 Å². The highest BCUT2D eigenvalue weighted by atomic mass is 16.2. The quantitative estimate of drug-likeness (QED) is 0.886. The van der Waals surface area contributed by atoms with Crippen LogP contribution >= 0.6 is 0 Å². The summed E-state index contributed by atoms with van der Waals surface area (Å²) in [6.07, 6.45) is 4.48. The maximum absolute atomic E-state index is 12.0. The number of anilines is 1. The van der Waals surface area contributed by atoms with Crippen molar-refractivity contribution < 1.29 is 4.79 Å². The Labute approximate surface area is 122 Å². The molecule has 0 bridgehead atoms. The fourth-order valence-corrected chi connectivity index (χ4v) is 3.01. The van der Waals surface area contributed by atoms with Gasteiger partial charge in [-0.3, -0.25) is 9.13 Å². The number of nitrogens with zero attached hydrogens (tertiary/aromatic N) is 2. The Morgan fingerprint density at radius 3 is 2.52 bits per heavy atom. The zero-order chi connectivity index (χ0) is 15.0. The minimum atomic E-state index is -0.179. The molecule has 112 valence electrons. The number of benzene rings is 1. The van der Waals surface area contributed by atoms with E-state index in [1.54, 1.807) is 23.2 Å². The van der Waals surface area contributed by atoms with E-state index in [1.165, 1.54) is 12.8 Å². The van der Waals surface area contributed by atoms with Crippen LogP contribution in [0.4, 0.5) is 10.5 Å². The molecule has 6 nitrogen and oxygen atoms in total. The van der Waals surface area contributed by atoms with Crippen LogP contribution in [-0.4, -0.2) is 21.2 Å². The topological polar surface area (TPSA) is 68.1 Å². The van der Waals surface area contributed by atoms with Gasteiger partial charge in [-0.15, -0.1) is 0 Å². The van der Waals surface area contributed by atoms with Gasteiger partial charge in [0.1, 0.15) is 0 Å². The standard InChI is InChI=1S/C15H20N4O2/c1-18-12-8-7-11(9-13(12)19(2)15(18)21)17-14(20)16-10-5-3-4-6-10/h7-10H,3-6H2,1-2H3,(H2,16,17,20). The number of rotatable bonds is 2. The van der Waals surface area contributed by atoms with E-state index in [0.29, 0.717) is 5.69 Å². The summed E-state index contributed by atoms with van der Waals surface area (Å²) in [4.78, 5) is 23.8. The number of nitrogens with one attached hydrogen (secondary N) is 2. The van der Waals surface area contributed by atoms with Crippen molar-refractivity contribution in [1.82, 2.24) is 14.5 Å². The van der Waals surface area contributed by atoms with Gasteiger partial charge in [0.2, 0.25) is 0 Å². The summed E-state index contributed by atoms with van der Waals surface area (Å²) in [6.45, 7) is 0. The lowest BCUT2D eigenvalue weighted by atomic mass is 10.2. The fourth-order valence-electron chi connectivity index (χ4n) is 3.01. The van der Waals surface area contributed by atoms with Gasteiger partial charge in [0.25, 0.3) is 0 Å². The highest BCUT2D eigenvalue weighted by Crippen LogP contribution is 2.19. The Kier molecular flexibility index (Phi) is 3.45. The number of hydrogen-bond acceptors (Lipinski definition) is 2. The number of aryl methyl sites for hydroxylation is 2. The Bertz CT molecular complexity index is 738. The maximum Gasteiger partial charge on any atom is 0.328 e. The van der Waals surface area contributed by atoms with Gasteiger partial charge < -0.3 is 10.6 Å². The fraction of sp³-hybridized carbons (Fsp3) is 0.467. The molecule has 2 N–H and O–H groups in total. The average molecular weight is 288 g/mol. The van der Waals surface area contributed by atoms with Crippen LogP contribution in [0.15, 0.2) is 23.0 Å². The summed E-state index contributed by atoms with van der Waals surface area (Å²) in [6, 6.07) is 5.60. The van der Waals surface area contributed by atoms with E-state index in [4.69, 9.17) is 0 Å². The van der Waals surface area contributed by atoms with Gasteiger partial charge >= 0.3 is 11.7 Å². The first kappa shape index (κ1) is 13.7. The van der Waals surface area contributed by atoms with Gasteiger partial charge in [0.15, 0.2) is 0 Å². The summed E-state index contributed by atoms with van der Waals surface area (Å²) in [5.41, 5.74) is 2.28. The second kappa shape index (κ2) is 5.27. The molecule has 0 saturated heterocycles. The molecule has 0 spiro atoms. The third-order valence-electron chi connectivity index (χ3n) is 4.22. The molecule has 1 heterocycles. The van der Waals surface area contributed by atoms with Crippen molar-refractivity contribution in [2.45, 2.75) is 31.7 Å². The van der Waals surface area contributed by atoms with Crippen molar-refractivity contribution >= 4 is 22.8 Å². The van der Waals surface area contributed by atoms with Crippen LogP contribution in [0.25, 0.3) is 11.0 Å². The molecule has 1 aromatic heterocycles. The summed E-state index contributed by atoms with van der Waals surface area (Å²) in [5, 5.41) is 5.83. The third kappa shape index (κ3) is 2.53. The van der Waals surface area contributed by atoms with Gasteiger partial charge in [0.05, 0.1) is 11.0 Å². The van der Waals surface area contributed by atoms with E-state index < -0.39 is 0 Å². The van der Waals surface area contributed by atoms with Crippen LogP contribution in [0.2, 0.25) is 0 Å². The zero-order valence-electron chi connectivity index (χ0n) is 12.3. The van der Waals surface area contributed by atoms with Crippen LogP contribution < -0.4 is 16.3 Å². The molecular formula is C15H20N4O2. The Morgan fingerprint density at radius 2 is 1.81 bits per heavy atom. The first-order chi connectivity index (χ1) is 10.1. The molecule has 1 saturated carbocycles. The van der Waals surface area contributed by atoms with Crippen LogP contribution in [0.5, 0.6) is 0 Å². The predicted octanol–water partition coefficient (Wildman–Crippen LogP) is 1.94. The molecule has 2 aromatic rings. The van der Waals surface area contributed by atoms with Gasteiger partial charge in [-0.1, -0.05) is 12.8 Å². The number of carbonyl (C=O) groups excluding carboxylic acids is 1. The van der Waals surface area contributed by atoms with Crippen LogP contribution in [0.3, 0.4) is 0 Å². The van der Waals surface area contributed by atoms with Gasteiger partial charge in [-0.05, 0) is 31.0 Å². The first-order valence-electron chi connectivity index (χ1n) is 7.29.